The van der Waals surface area contributed by atoms with Crippen molar-refractivity contribution < 1.29 is 28.7 Å². The first-order chi connectivity index (χ1) is 23.0. The van der Waals surface area contributed by atoms with E-state index in [1.807, 2.05) is 57.2 Å². The molecule has 0 saturated heterocycles. The number of methoxy groups -OCH3 is 1. The standard InChI is InChI=1S/C34H38N4O5.C5H12O/c1-22-19-30(32(41)37-28-12-8-25(9-13-28)26-14-16-38(21-39)17-15-26)23(2)18-29(22)31(40)36-27-10-6-24(7-11-27)20-35-33(42)43-34(3,4)5;1-5(2,3)6-4/h6-14,18-19,21H,15-17,20H2,1-5H3,(H,35,42)(H,36,40)(H,37,41);1-4H3. The Bertz CT molecular complexity index is 1650. The second-order valence-electron chi connectivity index (χ2n) is 13.9. The van der Waals surface area contributed by atoms with Gasteiger partial charge in [0.05, 0.1) is 5.60 Å². The van der Waals surface area contributed by atoms with Gasteiger partial charge in [-0.2, -0.15) is 0 Å². The highest BCUT2D eigenvalue weighted by Crippen LogP contribution is 2.25. The zero-order valence-electron chi connectivity index (χ0n) is 30.2. The third-order valence-electron chi connectivity index (χ3n) is 7.62. The largest absolute Gasteiger partial charge is 0.444 e. The maximum atomic E-state index is 13.1. The molecule has 0 radical (unpaired) electrons. The lowest BCUT2D eigenvalue weighted by Crippen LogP contribution is -2.32. The zero-order valence-corrected chi connectivity index (χ0v) is 30.2. The van der Waals surface area contributed by atoms with Gasteiger partial charge in [-0.05, 0) is 126 Å². The summed E-state index contributed by atoms with van der Waals surface area (Å²) in [6, 6.07) is 18.3. The molecule has 49 heavy (non-hydrogen) atoms. The fourth-order valence-electron chi connectivity index (χ4n) is 4.71. The van der Waals surface area contributed by atoms with Crippen molar-refractivity contribution >= 4 is 41.3 Å². The molecule has 262 valence electrons. The van der Waals surface area contributed by atoms with Crippen molar-refractivity contribution in [3.8, 4) is 0 Å². The molecule has 0 spiro atoms. The van der Waals surface area contributed by atoms with E-state index in [1.165, 1.54) is 5.57 Å². The topological polar surface area (TPSA) is 126 Å². The highest BCUT2D eigenvalue weighted by atomic mass is 16.6. The SMILES string of the molecule is COC(C)(C)C.Cc1cc(C(=O)Nc2ccc(C3=CCN(C=O)CC3)cc2)c(C)cc1C(=O)Nc1ccc(CNC(=O)OC(C)(C)C)cc1. The van der Waals surface area contributed by atoms with Gasteiger partial charge in [0.15, 0.2) is 0 Å². The van der Waals surface area contributed by atoms with Gasteiger partial charge in [-0.25, -0.2) is 4.79 Å². The molecule has 0 fully saturated rings. The van der Waals surface area contributed by atoms with E-state index in [2.05, 4.69) is 22.0 Å². The first-order valence-electron chi connectivity index (χ1n) is 16.3. The number of hydrogen-bond donors (Lipinski definition) is 3. The van der Waals surface area contributed by atoms with Crippen molar-refractivity contribution in [1.82, 2.24) is 10.2 Å². The van der Waals surface area contributed by atoms with Gasteiger partial charge in [0, 0.05) is 49.2 Å². The second kappa shape index (κ2) is 16.9. The lowest BCUT2D eigenvalue weighted by molar-refractivity contribution is -0.117. The molecular weight excluding hydrogens is 620 g/mol. The van der Waals surface area contributed by atoms with Crippen molar-refractivity contribution in [2.24, 2.45) is 0 Å². The Labute approximate surface area is 290 Å². The van der Waals surface area contributed by atoms with Crippen LogP contribution in [0, 0.1) is 13.8 Å². The number of carbonyl (C=O) groups excluding carboxylic acids is 4. The molecule has 0 atom stereocenters. The Balaban J connectivity index is 0.000000992. The van der Waals surface area contributed by atoms with Crippen LogP contribution in [0.15, 0.2) is 66.7 Å². The van der Waals surface area contributed by atoms with E-state index < -0.39 is 11.7 Å². The first-order valence-corrected chi connectivity index (χ1v) is 16.3. The van der Waals surface area contributed by atoms with Crippen LogP contribution in [-0.4, -0.2) is 60.6 Å². The fraction of sp³-hybridized carbons (Fsp3) is 0.385. The molecule has 1 heterocycles. The molecule has 0 bridgehead atoms. The normalized spacial score (nSPS) is 12.9. The van der Waals surface area contributed by atoms with Gasteiger partial charge < -0.3 is 30.3 Å². The first kappa shape index (κ1) is 38.5. The van der Waals surface area contributed by atoms with Gasteiger partial charge in [-0.15, -0.1) is 0 Å². The summed E-state index contributed by atoms with van der Waals surface area (Å²) in [7, 11) is 1.71. The van der Waals surface area contributed by atoms with Crippen LogP contribution in [0.1, 0.15) is 90.9 Å². The predicted molar refractivity (Wildman–Crippen MR) is 195 cm³/mol. The average Bonchev–Trinajstić information content (AvgIpc) is 3.05. The summed E-state index contributed by atoms with van der Waals surface area (Å²) in [5.74, 6) is -0.537. The molecule has 1 aliphatic heterocycles. The monoisotopic (exact) mass is 670 g/mol. The van der Waals surface area contributed by atoms with Gasteiger partial charge in [0.2, 0.25) is 6.41 Å². The summed E-state index contributed by atoms with van der Waals surface area (Å²) >= 11 is 0. The minimum atomic E-state index is -0.570. The number of hydrogen-bond acceptors (Lipinski definition) is 6. The second-order valence-corrected chi connectivity index (χ2v) is 13.9. The van der Waals surface area contributed by atoms with Gasteiger partial charge in [0.1, 0.15) is 5.60 Å². The van der Waals surface area contributed by atoms with E-state index in [-0.39, 0.29) is 17.4 Å². The van der Waals surface area contributed by atoms with Gasteiger partial charge in [-0.1, -0.05) is 30.3 Å². The summed E-state index contributed by atoms with van der Waals surface area (Å²) in [4.78, 5) is 50.7. The van der Waals surface area contributed by atoms with E-state index >= 15 is 0 Å². The van der Waals surface area contributed by atoms with Crippen LogP contribution in [0.2, 0.25) is 0 Å². The summed E-state index contributed by atoms with van der Waals surface area (Å²) in [5.41, 5.74) is 6.18. The third kappa shape index (κ3) is 12.5. The molecule has 4 rings (SSSR count). The van der Waals surface area contributed by atoms with Crippen molar-refractivity contribution in [2.75, 3.05) is 30.8 Å². The van der Waals surface area contributed by atoms with Crippen LogP contribution in [0.5, 0.6) is 0 Å². The van der Waals surface area contributed by atoms with E-state index in [1.54, 1.807) is 70.9 Å². The Morgan fingerprint density at radius 3 is 1.69 bits per heavy atom. The number of aryl methyl sites for hydroxylation is 2. The molecule has 4 amide bonds. The molecule has 3 N–H and O–H groups in total. The minimum absolute atomic E-state index is 0.0417. The molecule has 0 unspecified atom stereocenters. The summed E-state index contributed by atoms with van der Waals surface area (Å²) in [6.45, 7) is 16.7. The lowest BCUT2D eigenvalue weighted by Gasteiger charge is -2.22. The zero-order chi connectivity index (χ0) is 36.4. The van der Waals surface area contributed by atoms with Crippen molar-refractivity contribution in [2.45, 2.75) is 79.6 Å². The fourth-order valence-corrected chi connectivity index (χ4v) is 4.71. The molecule has 0 aromatic heterocycles. The Kier molecular flexibility index (Phi) is 13.3. The summed E-state index contributed by atoms with van der Waals surface area (Å²) in [6.07, 6.45) is 3.22. The quantitative estimate of drug-likeness (QED) is 0.213. The van der Waals surface area contributed by atoms with Gasteiger partial charge in [-0.3, -0.25) is 14.4 Å². The van der Waals surface area contributed by atoms with E-state index in [4.69, 9.17) is 9.47 Å². The number of alkyl carbamates (subject to hydrolysis) is 1. The van der Waals surface area contributed by atoms with E-state index in [0.29, 0.717) is 53.3 Å². The number of nitrogens with one attached hydrogen (secondary N) is 3. The number of amides is 4. The Morgan fingerprint density at radius 1 is 0.796 bits per heavy atom. The van der Waals surface area contributed by atoms with Crippen molar-refractivity contribution in [3.05, 3.63) is 100 Å². The molecule has 3 aromatic carbocycles. The smallest absolute Gasteiger partial charge is 0.407 e. The van der Waals surface area contributed by atoms with E-state index in [0.717, 1.165) is 24.0 Å². The number of benzene rings is 3. The highest BCUT2D eigenvalue weighted by Gasteiger charge is 2.18. The third-order valence-corrected chi connectivity index (χ3v) is 7.62. The number of anilines is 2. The average molecular weight is 671 g/mol. The molecule has 10 heteroatoms. The molecule has 0 saturated carbocycles. The number of carbonyl (C=O) groups is 4. The minimum Gasteiger partial charge on any atom is -0.444 e. The number of nitrogens with zero attached hydrogens (tertiary/aromatic N) is 1. The Hall–Kier alpha value is -4.96. The maximum absolute atomic E-state index is 13.1. The maximum Gasteiger partial charge on any atom is 0.407 e. The van der Waals surface area contributed by atoms with Crippen LogP contribution in [0.3, 0.4) is 0 Å². The number of ether oxygens (including phenoxy) is 2. The van der Waals surface area contributed by atoms with Gasteiger partial charge >= 0.3 is 6.09 Å². The van der Waals surface area contributed by atoms with Crippen LogP contribution in [0.25, 0.3) is 5.57 Å². The Morgan fingerprint density at radius 2 is 1.29 bits per heavy atom. The molecule has 0 aliphatic carbocycles. The van der Waals surface area contributed by atoms with Crippen LogP contribution in [0.4, 0.5) is 16.2 Å². The van der Waals surface area contributed by atoms with Crippen LogP contribution >= 0.6 is 0 Å². The molecule has 10 nitrogen and oxygen atoms in total. The molecule has 1 aliphatic rings. The summed E-state index contributed by atoms with van der Waals surface area (Å²) < 4.78 is 10.2. The molecular formula is C39H50N4O6. The van der Waals surface area contributed by atoms with Crippen LogP contribution in [-0.2, 0) is 20.8 Å². The van der Waals surface area contributed by atoms with Crippen molar-refractivity contribution in [1.29, 1.82) is 0 Å². The van der Waals surface area contributed by atoms with Gasteiger partial charge in [0.25, 0.3) is 11.8 Å². The number of rotatable bonds is 8. The lowest BCUT2D eigenvalue weighted by atomic mass is 9.98. The van der Waals surface area contributed by atoms with E-state index in [9.17, 15) is 19.2 Å². The highest BCUT2D eigenvalue weighted by molar-refractivity contribution is 6.09. The summed E-state index contributed by atoms with van der Waals surface area (Å²) in [5, 5.41) is 8.56. The molecule has 3 aromatic rings. The van der Waals surface area contributed by atoms with Crippen molar-refractivity contribution in [3.63, 3.8) is 0 Å². The van der Waals surface area contributed by atoms with Crippen LogP contribution < -0.4 is 16.0 Å². The predicted octanol–water partition coefficient (Wildman–Crippen LogP) is 7.51.